The Kier molecular flexibility index (Phi) is 7.46. The Morgan fingerprint density at radius 1 is 0.962 bits per heavy atom. The fraction of sp³-hybridized carbons (Fsp3) is 0.500. The summed E-state index contributed by atoms with van der Waals surface area (Å²) in [4.78, 5) is 13.0. The molecular formula is C22H31NO3. The Balaban J connectivity index is 2.31. The fourth-order valence-corrected chi connectivity index (χ4v) is 3.03. The Hall–Kier alpha value is -2.07. The van der Waals surface area contributed by atoms with Gasteiger partial charge in [-0.15, -0.1) is 0 Å². The van der Waals surface area contributed by atoms with Crippen LogP contribution in [0.5, 0.6) is 5.75 Å². The van der Waals surface area contributed by atoms with Crippen molar-refractivity contribution in [1.29, 1.82) is 0 Å². The van der Waals surface area contributed by atoms with E-state index in [2.05, 4.69) is 19.2 Å². The lowest BCUT2D eigenvalue weighted by Gasteiger charge is -2.28. The number of nitrogens with one attached hydrogen (secondary N) is 1. The number of carbonyl (C=O) groups is 1. The van der Waals surface area contributed by atoms with Crippen LogP contribution >= 0.6 is 0 Å². The summed E-state index contributed by atoms with van der Waals surface area (Å²) in [7, 11) is 0. The molecule has 0 radical (unpaired) electrons. The molecule has 0 saturated carbocycles. The maximum absolute atomic E-state index is 13.0. The lowest BCUT2D eigenvalue weighted by Crippen LogP contribution is -2.43. The molecule has 1 atom stereocenters. The molecule has 0 fully saturated rings. The van der Waals surface area contributed by atoms with Gasteiger partial charge in [-0.25, -0.2) is 0 Å². The van der Waals surface area contributed by atoms with Gasteiger partial charge in [-0.1, -0.05) is 51.5 Å². The average molecular weight is 357 g/mol. The van der Waals surface area contributed by atoms with Crippen LogP contribution in [0.15, 0.2) is 36.4 Å². The van der Waals surface area contributed by atoms with Crippen LogP contribution in [0.25, 0.3) is 10.8 Å². The molecule has 26 heavy (non-hydrogen) atoms. The molecule has 1 unspecified atom stereocenters. The normalized spacial score (nSPS) is 13.4. The highest BCUT2D eigenvalue weighted by molar-refractivity contribution is 6.06. The minimum atomic E-state index is -0.816. The van der Waals surface area contributed by atoms with E-state index in [9.17, 15) is 4.79 Å². The van der Waals surface area contributed by atoms with Gasteiger partial charge in [0, 0.05) is 23.1 Å². The SMILES string of the molecule is CCCOc1ccc(NC(=O)C(C)(CCC)OCCC)c2ccccc12. The number of carbonyl (C=O) groups excluding carboxylic acids is 1. The molecule has 2 aromatic rings. The van der Waals surface area contributed by atoms with Crippen LogP contribution < -0.4 is 10.1 Å². The topological polar surface area (TPSA) is 47.6 Å². The molecule has 1 amide bonds. The molecule has 0 spiro atoms. The van der Waals surface area contributed by atoms with Crippen molar-refractivity contribution in [2.24, 2.45) is 0 Å². The van der Waals surface area contributed by atoms with Crippen LogP contribution in [0.1, 0.15) is 53.4 Å². The second-order valence-corrected chi connectivity index (χ2v) is 6.79. The van der Waals surface area contributed by atoms with E-state index in [0.717, 1.165) is 41.5 Å². The molecule has 0 bridgehead atoms. The van der Waals surface area contributed by atoms with Crippen LogP contribution in [0, 0.1) is 0 Å². The summed E-state index contributed by atoms with van der Waals surface area (Å²) < 4.78 is 11.8. The zero-order valence-electron chi connectivity index (χ0n) is 16.4. The Morgan fingerprint density at radius 3 is 2.31 bits per heavy atom. The predicted molar refractivity (Wildman–Crippen MR) is 108 cm³/mol. The molecule has 0 saturated heterocycles. The first-order valence-corrected chi connectivity index (χ1v) is 9.65. The summed E-state index contributed by atoms with van der Waals surface area (Å²) in [5.74, 6) is 0.749. The largest absolute Gasteiger partial charge is 0.493 e. The van der Waals surface area contributed by atoms with Gasteiger partial charge >= 0.3 is 0 Å². The van der Waals surface area contributed by atoms with Crippen molar-refractivity contribution in [1.82, 2.24) is 0 Å². The molecular weight excluding hydrogens is 326 g/mol. The summed E-state index contributed by atoms with van der Waals surface area (Å²) in [5.41, 5.74) is -0.0275. The van der Waals surface area contributed by atoms with Gasteiger partial charge in [0.05, 0.1) is 6.61 Å². The van der Waals surface area contributed by atoms with E-state index in [1.165, 1.54) is 0 Å². The third-order valence-corrected chi connectivity index (χ3v) is 4.43. The third-order valence-electron chi connectivity index (χ3n) is 4.43. The van der Waals surface area contributed by atoms with Crippen LogP contribution in [-0.4, -0.2) is 24.7 Å². The number of hydrogen-bond donors (Lipinski definition) is 1. The van der Waals surface area contributed by atoms with E-state index < -0.39 is 5.60 Å². The second kappa shape index (κ2) is 9.58. The summed E-state index contributed by atoms with van der Waals surface area (Å²) >= 11 is 0. The highest BCUT2D eigenvalue weighted by Crippen LogP contribution is 2.32. The maximum atomic E-state index is 13.0. The quantitative estimate of drug-likeness (QED) is 0.606. The molecule has 4 heteroatoms. The summed E-state index contributed by atoms with van der Waals surface area (Å²) in [6, 6.07) is 11.8. The smallest absolute Gasteiger partial charge is 0.256 e. The minimum Gasteiger partial charge on any atom is -0.493 e. The van der Waals surface area contributed by atoms with E-state index in [0.29, 0.717) is 19.6 Å². The number of fused-ring (bicyclic) bond motifs is 1. The molecule has 0 aromatic heterocycles. The van der Waals surface area contributed by atoms with Gasteiger partial charge in [-0.3, -0.25) is 4.79 Å². The Morgan fingerprint density at radius 2 is 1.65 bits per heavy atom. The Bertz CT molecular complexity index is 728. The first kappa shape index (κ1) is 20.2. The maximum Gasteiger partial charge on any atom is 0.256 e. The first-order chi connectivity index (χ1) is 12.6. The fourth-order valence-electron chi connectivity index (χ4n) is 3.03. The van der Waals surface area contributed by atoms with E-state index in [1.54, 1.807) is 0 Å². The highest BCUT2D eigenvalue weighted by Gasteiger charge is 2.33. The summed E-state index contributed by atoms with van der Waals surface area (Å²) in [6.07, 6.45) is 3.42. The molecule has 2 aromatic carbocycles. The standard InChI is InChI=1S/C22H31NO3/c1-5-14-22(4,26-16-7-3)21(24)23-19-12-13-20(25-15-6-2)18-11-9-8-10-17(18)19/h8-13H,5-7,14-16H2,1-4H3,(H,23,24). The summed E-state index contributed by atoms with van der Waals surface area (Å²) in [5, 5.41) is 5.06. The molecule has 142 valence electrons. The number of amides is 1. The number of ether oxygens (including phenoxy) is 2. The van der Waals surface area contributed by atoms with Gasteiger partial charge in [-0.2, -0.15) is 0 Å². The Labute approximate surface area is 156 Å². The molecule has 0 aliphatic carbocycles. The number of anilines is 1. The van der Waals surface area contributed by atoms with Crippen molar-refractivity contribution >= 4 is 22.4 Å². The van der Waals surface area contributed by atoms with Gasteiger partial charge in [0.2, 0.25) is 0 Å². The van der Waals surface area contributed by atoms with Crippen LogP contribution in [0.4, 0.5) is 5.69 Å². The number of benzene rings is 2. The zero-order chi connectivity index (χ0) is 19.0. The van der Waals surface area contributed by atoms with Crippen LogP contribution in [-0.2, 0) is 9.53 Å². The predicted octanol–water partition coefficient (Wildman–Crippen LogP) is 5.55. The van der Waals surface area contributed by atoms with E-state index >= 15 is 0 Å². The van der Waals surface area contributed by atoms with Crippen molar-refractivity contribution in [2.45, 2.75) is 59.0 Å². The molecule has 0 aliphatic heterocycles. The second-order valence-electron chi connectivity index (χ2n) is 6.79. The number of rotatable bonds is 10. The highest BCUT2D eigenvalue weighted by atomic mass is 16.5. The molecule has 0 aliphatic rings. The molecule has 0 heterocycles. The summed E-state index contributed by atoms with van der Waals surface area (Å²) in [6.45, 7) is 9.33. The van der Waals surface area contributed by atoms with Crippen LogP contribution in [0.2, 0.25) is 0 Å². The van der Waals surface area contributed by atoms with Gasteiger partial charge < -0.3 is 14.8 Å². The van der Waals surface area contributed by atoms with Crippen molar-refractivity contribution in [3.63, 3.8) is 0 Å². The monoisotopic (exact) mass is 357 g/mol. The van der Waals surface area contributed by atoms with E-state index in [1.807, 2.05) is 50.2 Å². The van der Waals surface area contributed by atoms with Crippen molar-refractivity contribution < 1.29 is 14.3 Å². The zero-order valence-corrected chi connectivity index (χ0v) is 16.4. The van der Waals surface area contributed by atoms with Crippen molar-refractivity contribution in [2.75, 3.05) is 18.5 Å². The first-order valence-electron chi connectivity index (χ1n) is 9.65. The lowest BCUT2D eigenvalue weighted by molar-refractivity contribution is -0.140. The third kappa shape index (κ3) is 4.76. The van der Waals surface area contributed by atoms with E-state index in [4.69, 9.17) is 9.47 Å². The van der Waals surface area contributed by atoms with Crippen LogP contribution in [0.3, 0.4) is 0 Å². The van der Waals surface area contributed by atoms with Gasteiger partial charge in [0.25, 0.3) is 5.91 Å². The lowest BCUT2D eigenvalue weighted by atomic mass is 9.98. The van der Waals surface area contributed by atoms with Crippen molar-refractivity contribution in [3.8, 4) is 5.75 Å². The molecule has 2 rings (SSSR count). The molecule has 4 nitrogen and oxygen atoms in total. The minimum absolute atomic E-state index is 0.0971. The van der Waals surface area contributed by atoms with E-state index in [-0.39, 0.29) is 5.91 Å². The molecule has 1 N–H and O–H groups in total. The van der Waals surface area contributed by atoms with Gasteiger partial charge in [-0.05, 0) is 38.3 Å². The van der Waals surface area contributed by atoms with Gasteiger partial charge in [0.15, 0.2) is 0 Å². The van der Waals surface area contributed by atoms with Gasteiger partial charge in [0.1, 0.15) is 11.4 Å². The van der Waals surface area contributed by atoms with Crippen molar-refractivity contribution in [3.05, 3.63) is 36.4 Å². The number of hydrogen-bond acceptors (Lipinski definition) is 3. The average Bonchev–Trinajstić information content (AvgIpc) is 2.66.